The number of hydrogen-bond acceptors (Lipinski definition) is 4. The van der Waals surface area contributed by atoms with Crippen LogP contribution in [0.1, 0.15) is 51.4 Å². The Bertz CT molecular complexity index is 736. The maximum Gasteiger partial charge on any atom is 0.267 e. The Hall–Kier alpha value is -2.09. The third kappa shape index (κ3) is 3.09. The van der Waals surface area contributed by atoms with Crippen molar-refractivity contribution in [1.29, 1.82) is 5.26 Å². The topological polar surface area (TPSA) is 68.5 Å². The van der Waals surface area contributed by atoms with Crippen molar-refractivity contribution in [3.63, 3.8) is 0 Å². The van der Waals surface area contributed by atoms with Gasteiger partial charge in [0.25, 0.3) is 5.91 Å². The first-order valence-corrected chi connectivity index (χ1v) is 10.5. The van der Waals surface area contributed by atoms with Gasteiger partial charge in [0.2, 0.25) is 0 Å². The van der Waals surface area contributed by atoms with E-state index in [2.05, 4.69) is 16.4 Å². The van der Waals surface area contributed by atoms with Crippen LogP contribution in [0.25, 0.3) is 0 Å². The lowest BCUT2D eigenvalue weighted by Crippen LogP contribution is -2.52. The van der Waals surface area contributed by atoms with Crippen LogP contribution in [0, 0.1) is 34.5 Å². The highest BCUT2D eigenvalue weighted by molar-refractivity contribution is 6.05. The molecule has 6 rings (SSSR count). The molecule has 1 amide bonds. The van der Waals surface area contributed by atoms with E-state index in [4.69, 9.17) is 5.26 Å². The Labute approximate surface area is 161 Å². The fourth-order valence-electron chi connectivity index (χ4n) is 6.72. The fourth-order valence-corrected chi connectivity index (χ4v) is 6.72. The Balaban J connectivity index is 1.23. The van der Waals surface area contributed by atoms with Gasteiger partial charge >= 0.3 is 0 Å². The second-order valence-electron chi connectivity index (χ2n) is 9.46. The molecule has 6 aliphatic rings. The van der Waals surface area contributed by atoms with Crippen molar-refractivity contribution in [1.82, 2.24) is 10.2 Å². The van der Waals surface area contributed by atoms with Crippen molar-refractivity contribution in [2.24, 2.45) is 28.2 Å². The average Bonchev–Trinajstić information content (AvgIpc) is 3.06. The Morgan fingerprint density at radius 1 is 1.26 bits per heavy atom. The molecule has 4 saturated carbocycles. The molecule has 1 unspecified atom stereocenters. The van der Waals surface area contributed by atoms with Gasteiger partial charge in [-0.2, -0.15) is 5.26 Å². The zero-order chi connectivity index (χ0) is 18.4. The van der Waals surface area contributed by atoms with E-state index in [9.17, 15) is 4.79 Å². The van der Waals surface area contributed by atoms with E-state index in [1.54, 1.807) is 0 Å². The quantitative estimate of drug-likeness (QED) is 0.815. The number of rotatable bonds is 5. The zero-order valence-electron chi connectivity index (χ0n) is 15.9. The third-order valence-corrected chi connectivity index (χ3v) is 7.39. The Morgan fingerprint density at radius 2 is 1.96 bits per heavy atom. The summed E-state index contributed by atoms with van der Waals surface area (Å²) in [6, 6.07) is 2.31. The standard InChI is InChI=1S/C22H28N4O/c23-6-2-3-18-13-26-19(4-1-5-20(26)25-18)21(27)24-14-22-10-15-7-16(11-22)9-17(8-15)12-22/h1,4-5,15-18H,2-3,7-14H2,(H,24,27). The number of carbonyl (C=O) groups is 1. The summed E-state index contributed by atoms with van der Waals surface area (Å²) in [5, 5.41) is 12.1. The highest BCUT2D eigenvalue weighted by Crippen LogP contribution is 2.59. The van der Waals surface area contributed by atoms with Crippen molar-refractivity contribution >= 4 is 11.7 Å². The van der Waals surface area contributed by atoms with Crippen LogP contribution in [0.3, 0.4) is 0 Å². The summed E-state index contributed by atoms with van der Waals surface area (Å²) in [5.74, 6) is 3.61. The number of aliphatic imine (C=N–C) groups is 1. The molecule has 0 radical (unpaired) electrons. The van der Waals surface area contributed by atoms with Gasteiger partial charge in [-0.25, -0.2) is 0 Å². The molecule has 0 aromatic carbocycles. The predicted molar refractivity (Wildman–Crippen MR) is 104 cm³/mol. The van der Waals surface area contributed by atoms with Crippen LogP contribution in [0.15, 0.2) is 28.9 Å². The first-order valence-electron chi connectivity index (χ1n) is 10.5. The smallest absolute Gasteiger partial charge is 0.267 e. The highest BCUT2D eigenvalue weighted by atomic mass is 16.2. The maximum absolute atomic E-state index is 13.0. The predicted octanol–water partition coefficient (Wildman–Crippen LogP) is 3.16. The van der Waals surface area contributed by atoms with E-state index >= 15 is 0 Å². The molecule has 0 aromatic heterocycles. The van der Waals surface area contributed by atoms with E-state index in [0.717, 1.165) is 36.6 Å². The van der Waals surface area contributed by atoms with Crippen LogP contribution in [-0.2, 0) is 4.79 Å². The Morgan fingerprint density at radius 3 is 2.63 bits per heavy atom. The monoisotopic (exact) mass is 364 g/mol. The molecule has 0 aromatic rings. The van der Waals surface area contributed by atoms with Crippen molar-refractivity contribution < 1.29 is 4.79 Å². The highest BCUT2D eigenvalue weighted by Gasteiger charge is 2.50. The summed E-state index contributed by atoms with van der Waals surface area (Å²) in [5.41, 5.74) is 1.06. The lowest BCUT2D eigenvalue weighted by Gasteiger charge is -2.57. The van der Waals surface area contributed by atoms with Gasteiger partial charge in [0, 0.05) is 19.5 Å². The molecule has 1 N–H and O–H groups in total. The third-order valence-electron chi connectivity index (χ3n) is 7.39. The number of nitrogens with zero attached hydrogens (tertiary/aromatic N) is 3. The summed E-state index contributed by atoms with van der Waals surface area (Å²) < 4.78 is 0. The molecular formula is C22H28N4O. The minimum absolute atomic E-state index is 0.0312. The van der Waals surface area contributed by atoms with Crippen LogP contribution in [0.2, 0.25) is 0 Å². The van der Waals surface area contributed by atoms with Gasteiger partial charge in [0.1, 0.15) is 11.5 Å². The van der Waals surface area contributed by atoms with Gasteiger partial charge < -0.3 is 10.2 Å². The number of nitriles is 1. The minimum atomic E-state index is 0.0312. The maximum atomic E-state index is 13.0. The lowest BCUT2D eigenvalue weighted by molar-refractivity contribution is -0.120. The molecule has 0 saturated heterocycles. The van der Waals surface area contributed by atoms with Gasteiger partial charge in [-0.3, -0.25) is 9.79 Å². The van der Waals surface area contributed by atoms with Gasteiger partial charge in [0.05, 0.1) is 12.1 Å². The molecule has 2 aliphatic heterocycles. The summed E-state index contributed by atoms with van der Waals surface area (Å²) in [6.07, 6.45) is 15.3. The van der Waals surface area contributed by atoms with Crippen molar-refractivity contribution in [3.05, 3.63) is 23.9 Å². The van der Waals surface area contributed by atoms with Crippen LogP contribution in [0.4, 0.5) is 0 Å². The molecule has 5 heteroatoms. The molecule has 5 nitrogen and oxygen atoms in total. The van der Waals surface area contributed by atoms with Crippen molar-refractivity contribution in [3.8, 4) is 6.07 Å². The molecular weight excluding hydrogens is 336 g/mol. The first-order chi connectivity index (χ1) is 13.1. The van der Waals surface area contributed by atoms with Gasteiger partial charge in [-0.15, -0.1) is 0 Å². The van der Waals surface area contributed by atoms with Crippen molar-refractivity contribution in [2.75, 3.05) is 13.1 Å². The summed E-state index contributed by atoms with van der Waals surface area (Å²) in [6.45, 7) is 1.53. The molecule has 4 aliphatic carbocycles. The van der Waals surface area contributed by atoms with E-state index < -0.39 is 0 Å². The van der Waals surface area contributed by atoms with Gasteiger partial charge in [-0.1, -0.05) is 6.08 Å². The Kier molecular flexibility index (Phi) is 4.11. The average molecular weight is 364 g/mol. The van der Waals surface area contributed by atoms with Crippen LogP contribution in [0.5, 0.6) is 0 Å². The van der Waals surface area contributed by atoms with Crippen LogP contribution < -0.4 is 5.32 Å². The molecule has 1 atom stereocenters. The fraction of sp³-hybridized carbons (Fsp3) is 0.682. The first kappa shape index (κ1) is 17.0. The molecule has 2 heterocycles. The number of carbonyl (C=O) groups excluding carboxylic acids is 1. The second kappa shape index (κ2) is 6.51. The van der Waals surface area contributed by atoms with Gasteiger partial charge in [-0.05, 0) is 80.3 Å². The molecule has 4 fully saturated rings. The number of amides is 1. The number of nitrogens with one attached hydrogen (secondary N) is 1. The van der Waals surface area contributed by atoms with E-state index in [-0.39, 0.29) is 11.9 Å². The summed E-state index contributed by atoms with van der Waals surface area (Å²) >= 11 is 0. The largest absolute Gasteiger partial charge is 0.350 e. The normalized spacial score (nSPS) is 38.3. The summed E-state index contributed by atoms with van der Waals surface area (Å²) in [4.78, 5) is 19.7. The number of amidine groups is 1. The number of hydrogen-bond donors (Lipinski definition) is 1. The van der Waals surface area contributed by atoms with E-state index in [0.29, 0.717) is 24.1 Å². The van der Waals surface area contributed by atoms with Crippen molar-refractivity contribution in [2.45, 2.75) is 57.4 Å². The summed E-state index contributed by atoms with van der Waals surface area (Å²) in [7, 11) is 0. The van der Waals surface area contributed by atoms with E-state index in [1.165, 1.54) is 38.5 Å². The minimum Gasteiger partial charge on any atom is -0.350 e. The zero-order valence-corrected chi connectivity index (χ0v) is 15.9. The van der Waals surface area contributed by atoms with Crippen LogP contribution in [-0.4, -0.2) is 35.8 Å². The van der Waals surface area contributed by atoms with E-state index in [1.807, 2.05) is 23.1 Å². The molecule has 0 spiro atoms. The second-order valence-corrected chi connectivity index (χ2v) is 9.46. The van der Waals surface area contributed by atoms with Gasteiger partial charge in [0.15, 0.2) is 0 Å². The number of allylic oxidation sites excluding steroid dienone is 2. The number of fused-ring (bicyclic) bond motifs is 1. The van der Waals surface area contributed by atoms with Crippen LogP contribution >= 0.6 is 0 Å². The molecule has 142 valence electrons. The SMILES string of the molecule is N#CCCC1CN2C(C(=O)NCC34CC5CC(CC(C5)C3)C4)=CC=CC2=N1. The lowest BCUT2D eigenvalue weighted by atomic mass is 9.49. The molecule has 27 heavy (non-hydrogen) atoms. The molecule has 4 bridgehead atoms.